The molecule has 1 aliphatic heterocycles. The van der Waals surface area contributed by atoms with E-state index in [9.17, 15) is 15.3 Å². The minimum absolute atomic E-state index is 0.00367. The number of aromatic nitrogens is 3. The fourth-order valence-corrected chi connectivity index (χ4v) is 2.56. The molecule has 5 radical (unpaired) electrons. The standard InChI is InChI=1S/C15H20N3O6/c19-7-11-12(20)13(21)14(22)15(24-11)23-8-10-6-18(17-16-10)5-9-3-1-2-4-9/h1-4,6,11-15,19-22H,5,7-8H2/t11-,12-,13+,14+,15+/m1/s1. The highest BCUT2D eigenvalue weighted by Crippen LogP contribution is 2.25. The zero-order valence-corrected chi connectivity index (χ0v) is 12.8. The first-order chi connectivity index (χ1) is 11.6. The van der Waals surface area contributed by atoms with Gasteiger partial charge in [0, 0.05) is 12.5 Å². The minimum Gasteiger partial charge on any atom is -0.394 e. The van der Waals surface area contributed by atoms with Crippen molar-refractivity contribution in [2.45, 2.75) is 43.9 Å². The topological polar surface area (TPSA) is 130 Å². The van der Waals surface area contributed by atoms with Gasteiger partial charge in [0.05, 0.1) is 19.4 Å². The first kappa shape index (κ1) is 17.7. The Morgan fingerprint density at radius 1 is 1.12 bits per heavy atom. The second-order valence-corrected chi connectivity index (χ2v) is 5.71. The number of hydrogen-bond acceptors (Lipinski definition) is 8. The molecule has 0 spiro atoms. The van der Waals surface area contributed by atoms with Gasteiger partial charge < -0.3 is 29.9 Å². The molecule has 9 heteroatoms. The lowest BCUT2D eigenvalue weighted by Crippen LogP contribution is -2.59. The molecule has 9 nitrogen and oxygen atoms in total. The fraction of sp³-hybridized carbons (Fsp3) is 0.533. The van der Waals surface area contributed by atoms with E-state index >= 15 is 0 Å². The number of aliphatic hydroxyl groups is 4. The van der Waals surface area contributed by atoms with E-state index < -0.39 is 37.3 Å². The van der Waals surface area contributed by atoms with Crippen molar-refractivity contribution < 1.29 is 29.9 Å². The SMILES string of the molecule is OC[C@H]1O[C@H](OCc2cn(C[C]3[CH][CH][CH][CH]3)nn2)[C@@H](O)[C@@H](O)[C@@H]1O. The Morgan fingerprint density at radius 2 is 1.88 bits per heavy atom. The van der Waals surface area contributed by atoms with Crippen LogP contribution in [0.3, 0.4) is 0 Å². The predicted octanol–water partition coefficient (Wildman–Crippen LogP) is -2.00. The molecule has 1 aliphatic carbocycles. The van der Waals surface area contributed by atoms with Crippen molar-refractivity contribution in [1.82, 2.24) is 15.0 Å². The first-order valence-electron chi connectivity index (χ1n) is 7.60. The van der Waals surface area contributed by atoms with Gasteiger partial charge in [-0.1, -0.05) is 5.21 Å². The molecule has 3 rings (SSSR count). The quantitative estimate of drug-likeness (QED) is 0.469. The van der Waals surface area contributed by atoms with Crippen LogP contribution in [0.25, 0.3) is 0 Å². The summed E-state index contributed by atoms with van der Waals surface area (Å²) in [7, 11) is 0. The smallest absolute Gasteiger partial charge is 0.187 e. The van der Waals surface area contributed by atoms with E-state index in [4.69, 9.17) is 14.6 Å². The van der Waals surface area contributed by atoms with Crippen LogP contribution < -0.4 is 0 Å². The Bertz CT molecular complexity index is 519. The molecule has 0 bridgehead atoms. The van der Waals surface area contributed by atoms with Gasteiger partial charge in [0.2, 0.25) is 0 Å². The molecule has 1 saturated carbocycles. The summed E-state index contributed by atoms with van der Waals surface area (Å²) in [5, 5.41) is 46.4. The van der Waals surface area contributed by atoms with Gasteiger partial charge in [-0.15, -0.1) is 5.10 Å². The van der Waals surface area contributed by atoms with Crippen LogP contribution in [0.2, 0.25) is 0 Å². The number of rotatable bonds is 6. The van der Waals surface area contributed by atoms with Gasteiger partial charge in [-0.05, 0) is 25.7 Å². The van der Waals surface area contributed by atoms with Gasteiger partial charge in [0.25, 0.3) is 0 Å². The highest BCUT2D eigenvalue weighted by molar-refractivity contribution is 5.34. The van der Waals surface area contributed by atoms with Crippen molar-refractivity contribution in [2.24, 2.45) is 0 Å². The first-order valence-corrected chi connectivity index (χ1v) is 7.60. The zero-order chi connectivity index (χ0) is 17.1. The summed E-state index contributed by atoms with van der Waals surface area (Å²) in [4.78, 5) is 0. The van der Waals surface area contributed by atoms with Crippen molar-refractivity contribution in [3.63, 3.8) is 0 Å². The van der Waals surface area contributed by atoms with Crippen LogP contribution >= 0.6 is 0 Å². The Labute approximate surface area is 139 Å². The summed E-state index contributed by atoms with van der Waals surface area (Å²) in [6.07, 6.45) is 3.06. The fourth-order valence-electron chi connectivity index (χ4n) is 2.56. The van der Waals surface area contributed by atoms with E-state index in [2.05, 4.69) is 10.3 Å². The lowest BCUT2D eigenvalue weighted by Gasteiger charge is -2.39. The maximum Gasteiger partial charge on any atom is 0.187 e. The molecule has 2 heterocycles. The molecule has 5 atom stereocenters. The van der Waals surface area contributed by atoms with E-state index in [0.29, 0.717) is 12.2 Å². The van der Waals surface area contributed by atoms with Crippen LogP contribution in [-0.4, -0.2) is 72.7 Å². The molecular weight excluding hydrogens is 318 g/mol. The van der Waals surface area contributed by atoms with E-state index in [1.165, 1.54) is 0 Å². The maximum atomic E-state index is 9.89. The molecule has 1 aromatic rings. The highest BCUT2D eigenvalue weighted by atomic mass is 16.7. The second kappa shape index (κ2) is 7.85. The third-order valence-corrected chi connectivity index (χ3v) is 3.91. The molecule has 24 heavy (non-hydrogen) atoms. The van der Waals surface area contributed by atoms with Crippen molar-refractivity contribution >= 4 is 0 Å². The molecule has 0 aromatic carbocycles. The maximum absolute atomic E-state index is 9.89. The average molecular weight is 338 g/mol. The third kappa shape index (κ3) is 3.93. The van der Waals surface area contributed by atoms with E-state index in [1.54, 1.807) is 10.9 Å². The summed E-state index contributed by atoms with van der Waals surface area (Å²) in [5.41, 5.74) is 0.526. The van der Waals surface area contributed by atoms with Gasteiger partial charge in [0.15, 0.2) is 6.29 Å². The zero-order valence-electron chi connectivity index (χ0n) is 12.8. The van der Waals surface area contributed by atoms with Crippen molar-refractivity contribution in [1.29, 1.82) is 0 Å². The van der Waals surface area contributed by atoms with Crippen LogP contribution in [0.15, 0.2) is 6.20 Å². The molecule has 131 valence electrons. The summed E-state index contributed by atoms with van der Waals surface area (Å²) >= 11 is 0. The summed E-state index contributed by atoms with van der Waals surface area (Å²) in [5.74, 6) is 1.10. The van der Waals surface area contributed by atoms with Crippen LogP contribution in [0.5, 0.6) is 0 Å². The Kier molecular flexibility index (Phi) is 5.80. The lowest BCUT2D eigenvalue weighted by molar-refractivity contribution is -0.304. The summed E-state index contributed by atoms with van der Waals surface area (Å²) in [6, 6.07) is 0. The minimum atomic E-state index is -1.46. The van der Waals surface area contributed by atoms with E-state index in [1.807, 2.05) is 25.7 Å². The lowest BCUT2D eigenvalue weighted by atomic mass is 9.99. The van der Waals surface area contributed by atoms with Crippen LogP contribution in [0.1, 0.15) is 5.69 Å². The highest BCUT2D eigenvalue weighted by Gasteiger charge is 2.44. The van der Waals surface area contributed by atoms with Crippen molar-refractivity contribution in [3.05, 3.63) is 43.5 Å². The van der Waals surface area contributed by atoms with Crippen LogP contribution in [-0.2, 0) is 22.6 Å². The van der Waals surface area contributed by atoms with Crippen LogP contribution in [0, 0.1) is 31.6 Å². The van der Waals surface area contributed by atoms with Gasteiger partial charge in [-0.3, -0.25) is 4.68 Å². The van der Waals surface area contributed by atoms with Gasteiger partial charge in [0.1, 0.15) is 30.1 Å². The van der Waals surface area contributed by atoms with Crippen LogP contribution in [0.4, 0.5) is 0 Å². The second-order valence-electron chi connectivity index (χ2n) is 5.71. The largest absolute Gasteiger partial charge is 0.394 e. The molecule has 0 unspecified atom stereocenters. The third-order valence-electron chi connectivity index (χ3n) is 3.91. The normalized spacial score (nSPS) is 34.8. The Balaban J connectivity index is 1.52. The molecule has 2 aliphatic rings. The van der Waals surface area contributed by atoms with Crippen molar-refractivity contribution in [3.8, 4) is 0 Å². The molecule has 4 N–H and O–H groups in total. The number of ether oxygens (including phenoxy) is 2. The molecule has 2 fully saturated rings. The number of nitrogens with zero attached hydrogens (tertiary/aromatic N) is 3. The molecule has 0 amide bonds. The summed E-state index contributed by atoms with van der Waals surface area (Å²) < 4.78 is 12.3. The van der Waals surface area contributed by atoms with Gasteiger partial charge >= 0.3 is 0 Å². The van der Waals surface area contributed by atoms with Gasteiger partial charge in [-0.2, -0.15) is 0 Å². The molecule has 1 saturated heterocycles. The summed E-state index contributed by atoms with van der Waals surface area (Å²) in [6.45, 7) is 0.0877. The Hall–Kier alpha value is -1.10. The molecule has 1 aromatic heterocycles. The molecular formula is C15H20N3O6. The van der Waals surface area contributed by atoms with E-state index in [0.717, 1.165) is 5.92 Å². The number of hydrogen-bond donors (Lipinski definition) is 4. The Morgan fingerprint density at radius 3 is 2.58 bits per heavy atom. The van der Waals surface area contributed by atoms with Gasteiger partial charge in [-0.25, -0.2) is 0 Å². The van der Waals surface area contributed by atoms with E-state index in [-0.39, 0.29) is 6.61 Å². The average Bonchev–Trinajstić information content (AvgIpc) is 3.24. The monoisotopic (exact) mass is 338 g/mol. The van der Waals surface area contributed by atoms with Crippen molar-refractivity contribution in [2.75, 3.05) is 6.61 Å². The predicted molar refractivity (Wildman–Crippen MR) is 79.0 cm³/mol. The number of aliphatic hydroxyl groups excluding tert-OH is 4.